The van der Waals surface area contributed by atoms with Crippen molar-refractivity contribution >= 4 is 0 Å². The molecule has 16 heavy (non-hydrogen) atoms. The highest BCUT2D eigenvalue weighted by molar-refractivity contribution is 5.38. The van der Waals surface area contributed by atoms with Gasteiger partial charge >= 0.3 is 0 Å². The molecule has 2 aromatic rings. The first-order chi connectivity index (χ1) is 7.74. The number of hydrogen-bond donors (Lipinski definition) is 1. The van der Waals surface area contributed by atoms with Crippen LogP contribution < -0.4 is 0 Å². The van der Waals surface area contributed by atoms with E-state index in [0.29, 0.717) is 0 Å². The van der Waals surface area contributed by atoms with Crippen molar-refractivity contribution in [3.63, 3.8) is 0 Å². The highest BCUT2D eigenvalue weighted by Gasteiger charge is 2.06. The molecule has 1 aromatic carbocycles. The van der Waals surface area contributed by atoms with Crippen molar-refractivity contribution in [1.82, 2.24) is 9.78 Å². The van der Waals surface area contributed by atoms with E-state index in [-0.39, 0.29) is 5.75 Å². The van der Waals surface area contributed by atoms with Crippen LogP contribution in [0.1, 0.15) is 25.2 Å². The van der Waals surface area contributed by atoms with E-state index < -0.39 is 0 Å². The standard InChI is InChI=1S/C13H16N2O/c1-3-10-9-11(4-2)15(14-10)12-5-7-13(16)8-6-12/h5-9,16H,3-4H2,1-2H3. The molecule has 1 N–H and O–H groups in total. The van der Waals surface area contributed by atoms with Gasteiger partial charge in [0.2, 0.25) is 0 Å². The number of hydrogen-bond acceptors (Lipinski definition) is 2. The molecule has 3 nitrogen and oxygen atoms in total. The lowest BCUT2D eigenvalue weighted by molar-refractivity contribution is 0.475. The van der Waals surface area contributed by atoms with E-state index in [1.807, 2.05) is 16.8 Å². The molecule has 1 aromatic heterocycles. The van der Waals surface area contributed by atoms with E-state index in [2.05, 4.69) is 25.0 Å². The van der Waals surface area contributed by atoms with Gasteiger partial charge in [-0.1, -0.05) is 13.8 Å². The highest BCUT2D eigenvalue weighted by atomic mass is 16.3. The Bertz CT molecular complexity index is 471. The minimum Gasteiger partial charge on any atom is -0.508 e. The molecule has 1 heterocycles. The molecule has 2 rings (SSSR count). The summed E-state index contributed by atoms with van der Waals surface area (Å²) in [6.07, 6.45) is 1.89. The lowest BCUT2D eigenvalue weighted by Gasteiger charge is -2.05. The van der Waals surface area contributed by atoms with E-state index in [9.17, 15) is 5.11 Å². The SMILES string of the molecule is CCc1cc(CC)n(-c2ccc(O)cc2)n1. The summed E-state index contributed by atoms with van der Waals surface area (Å²) < 4.78 is 1.94. The van der Waals surface area contributed by atoms with Crippen LogP contribution >= 0.6 is 0 Å². The van der Waals surface area contributed by atoms with Crippen LogP contribution in [0.5, 0.6) is 5.75 Å². The van der Waals surface area contributed by atoms with Crippen molar-refractivity contribution in [2.24, 2.45) is 0 Å². The van der Waals surface area contributed by atoms with Crippen molar-refractivity contribution in [2.45, 2.75) is 26.7 Å². The fourth-order valence-electron chi connectivity index (χ4n) is 1.72. The first-order valence-electron chi connectivity index (χ1n) is 5.61. The van der Waals surface area contributed by atoms with Crippen LogP contribution in [-0.2, 0) is 12.8 Å². The molecule has 0 atom stereocenters. The average molecular weight is 216 g/mol. The summed E-state index contributed by atoms with van der Waals surface area (Å²) in [5.41, 5.74) is 3.29. The topological polar surface area (TPSA) is 38.0 Å². The third-order valence-corrected chi connectivity index (χ3v) is 2.65. The molecular weight excluding hydrogens is 200 g/mol. The van der Waals surface area contributed by atoms with E-state index in [1.54, 1.807) is 12.1 Å². The number of phenols is 1. The number of aryl methyl sites for hydroxylation is 2. The summed E-state index contributed by atoms with van der Waals surface area (Å²) in [6, 6.07) is 9.25. The second kappa shape index (κ2) is 4.39. The number of phenolic OH excluding ortho intramolecular Hbond substituents is 1. The van der Waals surface area contributed by atoms with E-state index in [1.165, 1.54) is 5.69 Å². The lowest BCUT2D eigenvalue weighted by atomic mass is 10.2. The Morgan fingerprint density at radius 1 is 1.12 bits per heavy atom. The second-order valence-corrected chi connectivity index (χ2v) is 3.76. The Balaban J connectivity index is 2.45. The van der Waals surface area contributed by atoms with Gasteiger partial charge in [0.15, 0.2) is 0 Å². The van der Waals surface area contributed by atoms with Gasteiger partial charge in [-0.2, -0.15) is 5.10 Å². The summed E-state index contributed by atoms with van der Waals surface area (Å²) in [6.45, 7) is 4.22. The predicted octanol–water partition coefficient (Wildman–Crippen LogP) is 2.70. The zero-order valence-electron chi connectivity index (χ0n) is 9.64. The number of benzene rings is 1. The highest BCUT2D eigenvalue weighted by Crippen LogP contribution is 2.16. The van der Waals surface area contributed by atoms with Gasteiger partial charge in [-0.25, -0.2) is 4.68 Å². The van der Waals surface area contributed by atoms with Gasteiger partial charge in [0.25, 0.3) is 0 Å². The Kier molecular flexibility index (Phi) is 2.95. The number of rotatable bonds is 3. The summed E-state index contributed by atoms with van der Waals surface area (Å²) in [4.78, 5) is 0. The van der Waals surface area contributed by atoms with Crippen LogP contribution in [0.4, 0.5) is 0 Å². The van der Waals surface area contributed by atoms with Gasteiger partial charge in [0.05, 0.1) is 11.4 Å². The quantitative estimate of drug-likeness (QED) is 0.856. The van der Waals surface area contributed by atoms with Crippen molar-refractivity contribution < 1.29 is 5.11 Å². The molecule has 0 radical (unpaired) electrons. The molecular formula is C13H16N2O. The van der Waals surface area contributed by atoms with Gasteiger partial charge in [0, 0.05) is 5.69 Å². The van der Waals surface area contributed by atoms with Crippen LogP contribution in [0.2, 0.25) is 0 Å². The zero-order valence-corrected chi connectivity index (χ0v) is 9.64. The van der Waals surface area contributed by atoms with E-state index in [0.717, 1.165) is 24.2 Å². The Morgan fingerprint density at radius 3 is 2.38 bits per heavy atom. The molecule has 84 valence electrons. The van der Waals surface area contributed by atoms with Crippen LogP contribution in [-0.4, -0.2) is 14.9 Å². The van der Waals surface area contributed by atoms with Crippen LogP contribution in [0, 0.1) is 0 Å². The van der Waals surface area contributed by atoms with Gasteiger partial charge in [-0.3, -0.25) is 0 Å². The smallest absolute Gasteiger partial charge is 0.115 e. The van der Waals surface area contributed by atoms with Crippen LogP contribution in [0.3, 0.4) is 0 Å². The summed E-state index contributed by atoms with van der Waals surface area (Å²) >= 11 is 0. The molecule has 3 heteroatoms. The van der Waals surface area contributed by atoms with Gasteiger partial charge in [-0.05, 0) is 43.2 Å². The summed E-state index contributed by atoms with van der Waals surface area (Å²) in [5, 5.41) is 13.8. The second-order valence-electron chi connectivity index (χ2n) is 3.76. The maximum atomic E-state index is 9.25. The van der Waals surface area contributed by atoms with E-state index in [4.69, 9.17) is 0 Å². The van der Waals surface area contributed by atoms with Crippen molar-refractivity contribution in [1.29, 1.82) is 0 Å². The maximum absolute atomic E-state index is 9.25. The van der Waals surface area contributed by atoms with Crippen LogP contribution in [0.15, 0.2) is 30.3 Å². The van der Waals surface area contributed by atoms with Crippen molar-refractivity contribution in [3.05, 3.63) is 41.7 Å². The third-order valence-electron chi connectivity index (χ3n) is 2.65. The normalized spacial score (nSPS) is 10.6. The first kappa shape index (κ1) is 10.7. The lowest BCUT2D eigenvalue weighted by Crippen LogP contribution is -2.01. The molecule has 0 aliphatic rings. The summed E-state index contributed by atoms with van der Waals surface area (Å²) in [7, 11) is 0. The van der Waals surface area contributed by atoms with Crippen molar-refractivity contribution in [2.75, 3.05) is 0 Å². The molecule has 0 unspecified atom stereocenters. The number of aromatic nitrogens is 2. The average Bonchev–Trinajstić information content (AvgIpc) is 2.73. The van der Waals surface area contributed by atoms with Gasteiger partial charge < -0.3 is 5.11 Å². The fraction of sp³-hybridized carbons (Fsp3) is 0.308. The largest absolute Gasteiger partial charge is 0.508 e. The first-order valence-corrected chi connectivity index (χ1v) is 5.61. The monoisotopic (exact) mass is 216 g/mol. The maximum Gasteiger partial charge on any atom is 0.115 e. The molecule has 0 aliphatic carbocycles. The third kappa shape index (κ3) is 1.94. The fourth-order valence-corrected chi connectivity index (χ4v) is 1.72. The van der Waals surface area contributed by atoms with E-state index >= 15 is 0 Å². The molecule has 0 saturated carbocycles. The molecule has 0 bridgehead atoms. The predicted molar refractivity (Wildman–Crippen MR) is 64.0 cm³/mol. The summed E-state index contributed by atoms with van der Waals surface area (Å²) in [5.74, 6) is 0.282. The Morgan fingerprint density at radius 2 is 1.81 bits per heavy atom. The van der Waals surface area contributed by atoms with Crippen LogP contribution in [0.25, 0.3) is 5.69 Å². The minimum atomic E-state index is 0.282. The molecule has 0 fully saturated rings. The van der Waals surface area contributed by atoms with Crippen molar-refractivity contribution in [3.8, 4) is 11.4 Å². The molecule has 0 amide bonds. The Hall–Kier alpha value is -1.77. The minimum absolute atomic E-state index is 0.282. The number of aromatic hydroxyl groups is 1. The van der Waals surface area contributed by atoms with Gasteiger partial charge in [0.1, 0.15) is 5.75 Å². The Labute approximate surface area is 95.3 Å². The molecule has 0 spiro atoms. The molecule has 0 aliphatic heterocycles. The van der Waals surface area contributed by atoms with Gasteiger partial charge in [-0.15, -0.1) is 0 Å². The zero-order chi connectivity index (χ0) is 11.5. The number of nitrogens with zero attached hydrogens (tertiary/aromatic N) is 2. The molecule has 0 saturated heterocycles.